The van der Waals surface area contributed by atoms with Crippen molar-refractivity contribution in [2.75, 3.05) is 7.11 Å². The van der Waals surface area contributed by atoms with Crippen LogP contribution in [0.4, 0.5) is 0 Å². The Balaban J connectivity index is 1.80. The van der Waals surface area contributed by atoms with Crippen LogP contribution in [0.3, 0.4) is 0 Å². The summed E-state index contributed by atoms with van der Waals surface area (Å²) in [6.07, 6.45) is 10.8. The number of unbranched alkanes of at least 4 members (excludes halogenated alkanes) is 3. The van der Waals surface area contributed by atoms with E-state index in [2.05, 4.69) is 6.08 Å². The van der Waals surface area contributed by atoms with Crippen LogP contribution < -0.4 is 0 Å². The summed E-state index contributed by atoms with van der Waals surface area (Å²) in [5, 5.41) is 29.4. The highest BCUT2D eigenvalue weighted by atomic mass is 16.5. The molecule has 0 amide bonds. The summed E-state index contributed by atoms with van der Waals surface area (Å²) < 4.78 is 5.15. The van der Waals surface area contributed by atoms with E-state index in [4.69, 9.17) is 9.84 Å². The molecular weight excluding hydrogens is 368 g/mol. The van der Waals surface area contributed by atoms with Gasteiger partial charge in [-0.25, -0.2) is 0 Å². The standard InChI is InChI=1S/C24H34O5/c1-29-17-19-8-6-7-18(15-19)16-21(25)12-13-22-20(11-14-23(22)26)9-4-2-3-5-10-24(27)28/h6-8,11-13,15,21-23,25-26H,2-5,9-10,14,16-17H2,1H3,(H,27,28)/b13-12+/t21-,22-,23-/m1/s1. The van der Waals surface area contributed by atoms with E-state index in [-0.39, 0.29) is 12.3 Å². The summed E-state index contributed by atoms with van der Waals surface area (Å²) in [6.45, 7) is 0.554. The number of aliphatic hydroxyl groups excluding tert-OH is 2. The van der Waals surface area contributed by atoms with E-state index in [0.717, 1.165) is 43.2 Å². The molecule has 160 valence electrons. The van der Waals surface area contributed by atoms with E-state index < -0.39 is 18.2 Å². The predicted molar refractivity (Wildman–Crippen MR) is 114 cm³/mol. The molecule has 0 aromatic heterocycles. The van der Waals surface area contributed by atoms with Gasteiger partial charge in [0.15, 0.2) is 0 Å². The Morgan fingerprint density at radius 3 is 2.76 bits per heavy atom. The van der Waals surface area contributed by atoms with Gasteiger partial charge >= 0.3 is 5.97 Å². The molecule has 1 aliphatic rings. The number of rotatable bonds is 13. The maximum Gasteiger partial charge on any atom is 0.303 e. The first-order valence-electron chi connectivity index (χ1n) is 10.5. The first-order chi connectivity index (χ1) is 14.0. The number of benzene rings is 1. The van der Waals surface area contributed by atoms with Gasteiger partial charge in [0.1, 0.15) is 0 Å². The number of carboxylic acid groups (broad SMARTS) is 1. The molecular formula is C24H34O5. The third-order valence-electron chi connectivity index (χ3n) is 5.36. The number of ether oxygens (including phenoxy) is 1. The molecule has 1 aromatic carbocycles. The van der Waals surface area contributed by atoms with E-state index in [1.807, 2.05) is 30.3 Å². The molecule has 0 bridgehead atoms. The van der Waals surface area contributed by atoms with Gasteiger partial charge in [-0.05, 0) is 36.8 Å². The predicted octanol–water partition coefficient (Wildman–Crippen LogP) is 4.03. The maximum atomic E-state index is 10.5. The Labute approximate surface area is 173 Å². The van der Waals surface area contributed by atoms with Gasteiger partial charge in [-0.3, -0.25) is 4.79 Å². The molecule has 3 atom stereocenters. The van der Waals surface area contributed by atoms with Crippen molar-refractivity contribution in [3.8, 4) is 0 Å². The number of carboxylic acids is 1. The zero-order valence-corrected chi connectivity index (χ0v) is 17.3. The molecule has 0 spiro atoms. The van der Waals surface area contributed by atoms with Gasteiger partial charge in [0, 0.05) is 25.9 Å². The SMILES string of the molecule is COCc1cccc(C[C@H](O)/C=C/[C@@H]2C(CCCCCCC(=O)O)=CC[C@H]2O)c1. The Bertz CT molecular complexity index is 694. The first-order valence-corrected chi connectivity index (χ1v) is 10.5. The van der Waals surface area contributed by atoms with Gasteiger partial charge in [-0.15, -0.1) is 0 Å². The zero-order chi connectivity index (χ0) is 21.1. The second-order valence-corrected chi connectivity index (χ2v) is 7.83. The van der Waals surface area contributed by atoms with Crippen molar-refractivity contribution in [1.82, 2.24) is 0 Å². The topological polar surface area (TPSA) is 87.0 Å². The van der Waals surface area contributed by atoms with Crippen LogP contribution in [-0.2, 0) is 22.6 Å². The lowest BCUT2D eigenvalue weighted by atomic mass is 9.93. The molecule has 0 saturated heterocycles. The molecule has 1 aromatic rings. The summed E-state index contributed by atoms with van der Waals surface area (Å²) in [7, 11) is 1.67. The van der Waals surface area contributed by atoms with Gasteiger partial charge in [0.2, 0.25) is 0 Å². The smallest absolute Gasteiger partial charge is 0.303 e. The lowest BCUT2D eigenvalue weighted by Crippen LogP contribution is -2.16. The monoisotopic (exact) mass is 402 g/mol. The molecule has 0 aliphatic heterocycles. The fourth-order valence-corrected chi connectivity index (χ4v) is 3.85. The van der Waals surface area contributed by atoms with E-state index in [1.54, 1.807) is 13.2 Å². The second kappa shape index (κ2) is 12.6. The molecule has 5 nitrogen and oxygen atoms in total. The van der Waals surface area contributed by atoms with Gasteiger partial charge in [0.25, 0.3) is 0 Å². The number of methoxy groups -OCH3 is 1. The maximum absolute atomic E-state index is 10.5. The number of aliphatic hydroxyl groups is 2. The highest BCUT2D eigenvalue weighted by Gasteiger charge is 2.25. The molecule has 5 heteroatoms. The Kier molecular flexibility index (Phi) is 10.1. The highest BCUT2D eigenvalue weighted by molar-refractivity contribution is 5.66. The van der Waals surface area contributed by atoms with Crippen molar-refractivity contribution in [3.63, 3.8) is 0 Å². The summed E-state index contributed by atoms with van der Waals surface area (Å²) in [6, 6.07) is 8.01. The molecule has 0 unspecified atom stereocenters. The molecule has 3 N–H and O–H groups in total. The van der Waals surface area contributed by atoms with Crippen LogP contribution in [0.5, 0.6) is 0 Å². The largest absolute Gasteiger partial charge is 0.481 e. The summed E-state index contributed by atoms with van der Waals surface area (Å²) in [4.78, 5) is 10.5. The van der Waals surface area contributed by atoms with Crippen molar-refractivity contribution < 1.29 is 24.9 Å². The normalized spacial score (nSPS) is 20.2. The van der Waals surface area contributed by atoms with Crippen LogP contribution in [0.15, 0.2) is 48.1 Å². The van der Waals surface area contributed by atoms with E-state index in [0.29, 0.717) is 19.4 Å². The van der Waals surface area contributed by atoms with Crippen LogP contribution in [-0.4, -0.2) is 40.6 Å². The van der Waals surface area contributed by atoms with E-state index in [1.165, 1.54) is 5.57 Å². The van der Waals surface area contributed by atoms with E-state index in [9.17, 15) is 15.0 Å². The fraction of sp³-hybridized carbons (Fsp3) is 0.542. The van der Waals surface area contributed by atoms with Crippen LogP contribution in [0.2, 0.25) is 0 Å². The molecule has 0 fully saturated rings. The van der Waals surface area contributed by atoms with Gasteiger partial charge in [0.05, 0.1) is 18.8 Å². The lowest BCUT2D eigenvalue weighted by molar-refractivity contribution is -0.137. The van der Waals surface area contributed by atoms with Crippen LogP contribution in [0.25, 0.3) is 0 Å². The van der Waals surface area contributed by atoms with Crippen LogP contribution >= 0.6 is 0 Å². The molecule has 29 heavy (non-hydrogen) atoms. The van der Waals surface area contributed by atoms with Crippen LogP contribution in [0.1, 0.15) is 56.1 Å². The van der Waals surface area contributed by atoms with Crippen molar-refractivity contribution in [2.45, 2.75) is 70.2 Å². The average Bonchev–Trinajstić information content (AvgIpc) is 3.03. The summed E-state index contributed by atoms with van der Waals surface area (Å²) in [5.74, 6) is -0.774. The molecule has 1 aliphatic carbocycles. The molecule has 2 rings (SSSR count). The minimum atomic E-state index is -0.735. The van der Waals surface area contributed by atoms with Gasteiger partial charge < -0.3 is 20.1 Å². The van der Waals surface area contributed by atoms with Gasteiger partial charge in [-0.1, -0.05) is 60.9 Å². The Hall–Kier alpha value is -1.95. The second-order valence-electron chi connectivity index (χ2n) is 7.83. The lowest BCUT2D eigenvalue weighted by Gasteiger charge is -2.16. The first kappa shape index (κ1) is 23.3. The third kappa shape index (κ3) is 8.52. The molecule has 0 radical (unpaired) electrons. The van der Waals surface area contributed by atoms with E-state index >= 15 is 0 Å². The van der Waals surface area contributed by atoms with Gasteiger partial charge in [-0.2, -0.15) is 0 Å². The van der Waals surface area contributed by atoms with Crippen molar-refractivity contribution in [2.24, 2.45) is 5.92 Å². The van der Waals surface area contributed by atoms with Crippen LogP contribution in [0, 0.1) is 5.92 Å². The number of carbonyl (C=O) groups is 1. The highest BCUT2D eigenvalue weighted by Crippen LogP contribution is 2.31. The minimum Gasteiger partial charge on any atom is -0.481 e. The fourth-order valence-electron chi connectivity index (χ4n) is 3.85. The summed E-state index contributed by atoms with van der Waals surface area (Å²) in [5.41, 5.74) is 3.36. The Morgan fingerprint density at radius 1 is 1.24 bits per heavy atom. The molecule has 0 heterocycles. The number of aliphatic carboxylic acids is 1. The van der Waals surface area contributed by atoms with Crippen molar-refractivity contribution >= 4 is 5.97 Å². The third-order valence-corrected chi connectivity index (χ3v) is 5.36. The Morgan fingerprint density at radius 2 is 2.00 bits per heavy atom. The number of hydrogen-bond acceptors (Lipinski definition) is 4. The quantitative estimate of drug-likeness (QED) is 0.343. The zero-order valence-electron chi connectivity index (χ0n) is 17.3. The average molecular weight is 403 g/mol. The molecule has 0 saturated carbocycles. The van der Waals surface area contributed by atoms with Crippen molar-refractivity contribution in [1.29, 1.82) is 0 Å². The summed E-state index contributed by atoms with van der Waals surface area (Å²) >= 11 is 0. The number of hydrogen-bond donors (Lipinski definition) is 3. The van der Waals surface area contributed by atoms with Crippen molar-refractivity contribution in [3.05, 3.63) is 59.2 Å². The minimum absolute atomic E-state index is 0.0384.